The molecular weight excluding hydrogens is 475 g/mol. The highest BCUT2D eigenvalue weighted by Gasteiger charge is 2.39. The molecule has 0 aromatic heterocycles. The predicted octanol–water partition coefficient (Wildman–Crippen LogP) is 5.62. The van der Waals surface area contributed by atoms with Gasteiger partial charge in [0.15, 0.2) is 5.71 Å². The van der Waals surface area contributed by atoms with Crippen LogP contribution in [-0.4, -0.2) is 27.8 Å². The van der Waals surface area contributed by atoms with Gasteiger partial charge in [0.2, 0.25) is 0 Å². The molecule has 0 atom stereocenters. The van der Waals surface area contributed by atoms with Gasteiger partial charge < -0.3 is 10.2 Å². The Bertz CT molecular complexity index is 1440. The molecule has 3 N–H and O–H groups in total. The number of anilines is 3. The predicted molar refractivity (Wildman–Crippen MR) is 129 cm³/mol. The Labute approximate surface area is 203 Å². The fourth-order valence-corrected chi connectivity index (χ4v) is 3.68. The zero-order valence-corrected chi connectivity index (χ0v) is 19.1. The lowest BCUT2D eigenvalue weighted by Crippen LogP contribution is -2.26. The van der Waals surface area contributed by atoms with Crippen molar-refractivity contribution in [3.05, 3.63) is 88.5 Å². The Morgan fingerprint density at radius 1 is 1.03 bits per heavy atom. The number of hydrogen-bond acceptors (Lipinski definition) is 5. The summed E-state index contributed by atoms with van der Waals surface area (Å²) >= 11 is 0. The Balaban J connectivity index is 1.75. The van der Waals surface area contributed by atoms with Crippen LogP contribution in [0.1, 0.15) is 27.8 Å². The molecule has 1 heterocycles. The molecular formula is C26H20F3N3O4. The van der Waals surface area contributed by atoms with Crippen molar-refractivity contribution in [2.24, 2.45) is 5.10 Å². The first-order valence-electron chi connectivity index (χ1n) is 10.7. The van der Waals surface area contributed by atoms with Crippen LogP contribution in [0.25, 0.3) is 6.08 Å². The number of carboxylic acid groups (broad SMARTS) is 1. The molecule has 3 aromatic rings. The number of alkyl halides is 3. The number of amides is 1. The van der Waals surface area contributed by atoms with E-state index < -0.39 is 23.6 Å². The quantitative estimate of drug-likeness (QED) is 0.242. The third-order valence-electron chi connectivity index (χ3n) is 5.70. The summed E-state index contributed by atoms with van der Waals surface area (Å²) in [7, 11) is 0. The largest absolute Gasteiger partial charge is 0.506 e. The summed E-state index contributed by atoms with van der Waals surface area (Å²) in [4.78, 5) is 25.2. The van der Waals surface area contributed by atoms with E-state index in [4.69, 9.17) is 5.11 Å². The fraction of sp³-hybridized carbons (Fsp3) is 0.115. The first kappa shape index (κ1) is 24.5. The third kappa shape index (κ3) is 4.78. The Kier molecular flexibility index (Phi) is 6.28. The van der Waals surface area contributed by atoms with Gasteiger partial charge in [0.25, 0.3) is 5.91 Å². The summed E-state index contributed by atoms with van der Waals surface area (Å²) in [6, 6.07) is 12.4. The van der Waals surface area contributed by atoms with Gasteiger partial charge in [-0.3, -0.25) is 15.1 Å². The second-order valence-electron chi connectivity index (χ2n) is 8.16. The molecule has 0 bridgehead atoms. The maximum absolute atomic E-state index is 13.4. The smallest absolute Gasteiger partial charge is 0.416 e. The van der Waals surface area contributed by atoms with Gasteiger partial charge in [-0.1, -0.05) is 12.1 Å². The van der Waals surface area contributed by atoms with E-state index in [0.717, 1.165) is 29.3 Å². The van der Waals surface area contributed by atoms with Crippen LogP contribution in [0.15, 0.2) is 65.8 Å². The molecule has 10 heteroatoms. The van der Waals surface area contributed by atoms with Gasteiger partial charge in [0, 0.05) is 17.3 Å². The number of aliphatic carboxylic acids is 1. The van der Waals surface area contributed by atoms with Gasteiger partial charge in [-0.25, -0.2) is 4.79 Å². The lowest BCUT2D eigenvalue weighted by Gasteiger charge is -2.19. The molecule has 184 valence electrons. The minimum Gasteiger partial charge on any atom is -0.506 e. The number of carboxylic acids is 1. The lowest BCUT2D eigenvalue weighted by molar-refractivity contribution is -0.137. The van der Waals surface area contributed by atoms with Gasteiger partial charge in [0.05, 0.1) is 16.9 Å². The van der Waals surface area contributed by atoms with Crippen LogP contribution >= 0.6 is 0 Å². The number of phenols is 1. The van der Waals surface area contributed by atoms with Crippen molar-refractivity contribution in [1.82, 2.24) is 0 Å². The summed E-state index contributed by atoms with van der Waals surface area (Å²) in [6.45, 7) is 3.72. The summed E-state index contributed by atoms with van der Waals surface area (Å²) in [5.74, 6) is -2.06. The molecule has 4 rings (SSSR count). The second kappa shape index (κ2) is 9.21. The second-order valence-corrected chi connectivity index (χ2v) is 8.16. The number of rotatable bonds is 5. The Morgan fingerprint density at radius 2 is 1.78 bits per heavy atom. The highest BCUT2D eigenvalue weighted by atomic mass is 19.4. The standard InChI is InChI=1S/C26H20F3N3O4/c1-14-3-7-18(11-15(14)2)32-21-13-17(26(27,28)29)6-8-19(21)24(25(32)36)31-30-20-9-4-16(12-22(20)33)5-10-23(34)35/h3-13,30,33H,1-2H3,(H,34,35). The first-order chi connectivity index (χ1) is 17.0. The number of halogens is 3. The molecule has 36 heavy (non-hydrogen) atoms. The van der Waals surface area contributed by atoms with Crippen LogP contribution in [0.2, 0.25) is 0 Å². The summed E-state index contributed by atoms with van der Waals surface area (Å²) < 4.78 is 40.3. The summed E-state index contributed by atoms with van der Waals surface area (Å²) in [5, 5.41) is 23.1. The molecule has 1 aliphatic rings. The van der Waals surface area contributed by atoms with Crippen molar-refractivity contribution in [2.45, 2.75) is 20.0 Å². The molecule has 0 aliphatic carbocycles. The molecule has 0 saturated carbocycles. The number of phenolic OH excluding ortho intramolecular Hbond substituents is 1. The topological polar surface area (TPSA) is 102 Å². The van der Waals surface area contributed by atoms with E-state index in [1.165, 1.54) is 35.2 Å². The molecule has 0 radical (unpaired) electrons. The average molecular weight is 495 g/mol. The highest BCUT2D eigenvalue weighted by molar-refractivity contribution is 6.55. The summed E-state index contributed by atoms with van der Waals surface area (Å²) in [6.07, 6.45) is -2.41. The number of carbonyl (C=O) groups is 2. The van der Waals surface area contributed by atoms with E-state index >= 15 is 0 Å². The van der Waals surface area contributed by atoms with E-state index in [1.54, 1.807) is 18.2 Å². The molecule has 1 amide bonds. The van der Waals surface area contributed by atoms with Crippen LogP contribution in [0.5, 0.6) is 5.75 Å². The number of fused-ring (bicyclic) bond motifs is 1. The molecule has 0 saturated heterocycles. The molecule has 0 unspecified atom stereocenters. The number of carbonyl (C=O) groups excluding carboxylic acids is 1. The molecule has 0 fully saturated rings. The number of nitrogens with one attached hydrogen (secondary N) is 1. The van der Waals surface area contributed by atoms with E-state index in [-0.39, 0.29) is 28.4 Å². The summed E-state index contributed by atoms with van der Waals surface area (Å²) in [5.41, 5.74) is 4.52. The first-order valence-corrected chi connectivity index (χ1v) is 10.7. The highest BCUT2D eigenvalue weighted by Crippen LogP contribution is 2.40. The average Bonchev–Trinajstić information content (AvgIpc) is 3.08. The molecule has 7 nitrogen and oxygen atoms in total. The van der Waals surface area contributed by atoms with Crippen LogP contribution < -0.4 is 10.3 Å². The van der Waals surface area contributed by atoms with Gasteiger partial charge in [-0.05, 0) is 79.1 Å². The maximum atomic E-state index is 13.4. The van der Waals surface area contributed by atoms with Gasteiger partial charge in [-0.2, -0.15) is 18.3 Å². The van der Waals surface area contributed by atoms with E-state index in [1.807, 2.05) is 13.8 Å². The monoisotopic (exact) mass is 495 g/mol. The zero-order valence-electron chi connectivity index (χ0n) is 19.1. The van der Waals surface area contributed by atoms with Crippen molar-refractivity contribution >= 4 is 40.7 Å². The normalized spacial score (nSPS) is 14.5. The number of nitrogens with zero attached hydrogens (tertiary/aromatic N) is 2. The van der Waals surface area contributed by atoms with E-state index in [2.05, 4.69) is 10.5 Å². The molecule has 1 aliphatic heterocycles. The van der Waals surface area contributed by atoms with Crippen LogP contribution in [-0.2, 0) is 15.8 Å². The molecule has 0 spiro atoms. The van der Waals surface area contributed by atoms with Gasteiger partial charge >= 0.3 is 12.1 Å². The lowest BCUT2D eigenvalue weighted by atomic mass is 10.1. The minimum atomic E-state index is -4.60. The van der Waals surface area contributed by atoms with Crippen LogP contribution in [0.4, 0.5) is 30.2 Å². The van der Waals surface area contributed by atoms with Gasteiger partial charge in [0.1, 0.15) is 5.75 Å². The van der Waals surface area contributed by atoms with E-state index in [9.17, 15) is 27.9 Å². The van der Waals surface area contributed by atoms with Crippen molar-refractivity contribution in [1.29, 1.82) is 0 Å². The number of aryl methyl sites for hydroxylation is 2. The van der Waals surface area contributed by atoms with Crippen molar-refractivity contribution in [3.63, 3.8) is 0 Å². The van der Waals surface area contributed by atoms with Crippen LogP contribution in [0, 0.1) is 13.8 Å². The number of aromatic hydroxyl groups is 1. The van der Waals surface area contributed by atoms with Crippen molar-refractivity contribution < 1.29 is 33.0 Å². The minimum absolute atomic E-state index is 0.0389. The van der Waals surface area contributed by atoms with Crippen LogP contribution in [0.3, 0.4) is 0 Å². The Morgan fingerprint density at radius 3 is 2.42 bits per heavy atom. The zero-order chi connectivity index (χ0) is 26.2. The SMILES string of the molecule is Cc1ccc(N2C(=O)C(=NNc3ccc(C=CC(=O)O)cc3O)c3ccc(C(F)(F)F)cc32)cc1C. The van der Waals surface area contributed by atoms with Gasteiger partial charge in [-0.15, -0.1) is 0 Å². The Hall–Kier alpha value is -4.60. The fourth-order valence-electron chi connectivity index (χ4n) is 3.68. The van der Waals surface area contributed by atoms with Crippen molar-refractivity contribution in [2.75, 3.05) is 10.3 Å². The van der Waals surface area contributed by atoms with Crippen molar-refractivity contribution in [3.8, 4) is 5.75 Å². The number of benzene rings is 3. The number of hydrogen-bond donors (Lipinski definition) is 3. The molecule has 3 aromatic carbocycles. The third-order valence-corrected chi connectivity index (χ3v) is 5.70. The number of hydrazone groups is 1. The van der Waals surface area contributed by atoms with E-state index in [0.29, 0.717) is 11.3 Å². The maximum Gasteiger partial charge on any atom is 0.416 e.